The Kier molecular flexibility index (Phi) is 6.37. The molecule has 0 aliphatic carbocycles. The van der Waals surface area contributed by atoms with E-state index in [2.05, 4.69) is 45.4 Å². The number of amides is 1. The third kappa shape index (κ3) is 5.12. The van der Waals surface area contributed by atoms with Crippen molar-refractivity contribution in [1.29, 1.82) is 0 Å². The molecule has 0 unspecified atom stereocenters. The van der Waals surface area contributed by atoms with Gasteiger partial charge in [0.2, 0.25) is 0 Å². The molecule has 5 heteroatoms. The first-order chi connectivity index (χ1) is 14.3. The second-order valence-electron chi connectivity index (χ2n) is 7.61. The molecule has 1 saturated heterocycles. The second kappa shape index (κ2) is 9.52. The first kappa shape index (κ1) is 19.4. The molecule has 1 amide bonds. The maximum absolute atomic E-state index is 12.9. The summed E-state index contributed by atoms with van der Waals surface area (Å²) in [5.74, 6) is 0.0471. The summed E-state index contributed by atoms with van der Waals surface area (Å²) in [6, 6.07) is 22.4. The lowest BCUT2D eigenvalue weighted by Crippen LogP contribution is -2.35. The Morgan fingerprint density at radius 3 is 2.48 bits per heavy atom. The topological polar surface area (TPSA) is 52.2 Å². The molecule has 1 aliphatic rings. The van der Waals surface area contributed by atoms with Gasteiger partial charge in [-0.1, -0.05) is 60.7 Å². The van der Waals surface area contributed by atoms with Gasteiger partial charge in [0.1, 0.15) is 5.69 Å². The van der Waals surface area contributed by atoms with Crippen molar-refractivity contribution in [3.05, 3.63) is 78.0 Å². The van der Waals surface area contributed by atoms with E-state index in [0.29, 0.717) is 5.69 Å². The van der Waals surface area contributed by atoms with E-state index >= 15 is 0 Å². The summed E-state index contributed by atoms with van der Waals surface area (Å²) < 4.78 is 0. The van der Waals surface area contributed by atoms with E-state index in [0.717, 1.165) is 63.2 Å². The SMILES string of the molecule is O=C(c1cc(-c2ccccc2)n[nH]1)N1CCCN(CCCc2ccccc2)CC1. The minimum absolute atomic E-state index is 0.0471. The van der Waals surface area contributed by atoms with Gasteiger partial charge in [0.15, 0.2) is 0 Å². The summed E-state index contributed by atoms with van der Waals surface area (Å²) in [5.41, 5.74) is 3.79. The number of hydrogen-bond acceptors (Lipinski definition) is 3. The Hall–Kier alpha value is -2.92. The molecule has 0 bridgehead atoms. The highest BCUT2D eigenvalue weighted by Crippen LogP contribution is 2.18. The zero-order chi connectivity index (χ0) is 19.9. The van der Waals surface area contributed by atoms with Crippen molar-refractivity contribution in [1.82, 2.24) is 20.0 Å². The highest BCUT2D eigenvalue weighted by Gasteiger charge is 2.22. The summed E-state index contributed by atoms with van der Waals surface area (Å²) in [7, 11) is 0. The molecule has 1 fully saturated rings. The molecule has 1 aromatic heterocycles. The highest BCUT2D eigenvalue weighted by atomic mass is 16.2. The lowest BCUT2D eigenvalue weighted by molar-refractivity contribution is 0.0755. The van der Waals surface area contributed by atoms with Crippen LogP contribution in [-0.4, -0.2) is 58.6 Å². The van der Waals surface area contributed by atoms with Gasteiger partial charge < -0.3 is 9.80 Å². The Morgan fingerprint density at radius 1 is 0.931 bits per heavy atom. The summed E-state index contributed by atoms with van der Waals surface area (Å²) in [6.07, 6.45) is 3.27. The number of nitrogens with zero attached hydrogens (tertiary/aromatic N) is 3. The maximum atomic E-state index is 12.9. The molecule has 150 valence electrons. The van der Waals surface area contributed by atoms with Gasteiger partial charge in [0.25, 0.3) is 5.91 Å². The van der Waals surface area contributed by atoms with Crippen LogP contribution in [0.15, 0.2) is 66.7 Å². The first-order valence-electron chi connectivity index (χ1n) is 10.5. The fraction of sp³-hybridized carbons (Fsp3) is 0.333. The zero-order valence-electron chi connectivity index (χ0n) is 16.8. The zero-order valence-corrected chi connectivity index (χ0v) is 16.8. The van der Waals surface area contributed by atoms with Gasteiger partial charge in [0, 0.05) is 25.2 Å². The number of H-pyrrole nitrogens is 1. The third-order valence-corrected chi connectivity index (χ3v) is 5.54. The van der Waals surface area contributed by atoms with Gasteiger partial charge in [-0.3, -0.25) is 9.89 Å². The van der Waals surface area contributed by atoms with Crippen LogP contribution in [-0.2, 0) is 6.42 Å². The van der Waals surface area contributed by atoms with E-state index < -0.39 is 0 Å². The Bertz CT molecular complexity index is 907. The van der Waals surface area contributed by atoms with Gasteiger partial charge in [-0.05, 0) is 44.0 Å². The lowest BCUT2D eigenvalue weighted by atomic mass is 10.1. The van der Waals surface area contributed by atoms with E-state index in [9.17, 15) is 4.79 Å². The third-order valence-electron chi connectivity index (χ3n) is 5.54. The van der Waals surface area contributed by atoms with Crippen molar-refractivity contribution in [3.8, 4) is 11.3 Å². The van der Waals surface area contributed by atoms with Crippen LogP contribution in [0, 0.1) is 0 Å². The fourth-order valence-electron chi connectivity index (χ4n) is 3.91. The number of aryl methyl sites for hydroxylation is 1. The molecular weight excluding hydrogens is 360 g/mol. The van der Waals surface area contributed by atoms with Crippen LogP contribution < -0.4 is 0 Å². The van der Waals surface area contributed by atoms with Gasteiger partial charge in [-0.2, -0.15) is 5.10 Å². The van der Waals surface area contributed by atoms with Gasteiger partial charge in [-0.15, -0.1) is 0 Å². The van der Waals surface area contributed by atoms with E-state index in [1.54, 1.807) is 0 Å². The number of carbonyl (C=O) groups is 1. The summed E-state index contributed by atoms with van der Waals surface area (Å²) in [4.78, 5) is 17.4. The van der Waals surface area contributed by atoms with E-state index in [1.165, 1.54) is 5.56 Å². The molecule has 5 nitrogen and oxygen atoms in total. The molecular formula is C24H28N4O. The number of aromatic amines is 1. The molecule has 3 aromatic rings. The maximum Gasteiger partial charge on any atom is 0.271 e. The molecule has 2 aromatic carbocycles. The molecule has 2 heterocycles. The van der Waals surface area contributed by atoms with Crippen molar-refractivity contribution in [3.63, 3.8) is 0 Å². The Labute approximate surface area is 172 Å². The molecule has 0 atom stereocenters. The van der Waals surface area contributed by atoms with Crippen LogP contribution in [0.5, 0.6) is 0 Å². The van der Waals surface area contributed by atoms with Crippen LogP contribution in [0.3, 0.4) is 0 Å². The minimum Gasteiger partial charge on any atom is -0.336 e. The average Bonchev–Trinajstić information content (AvgIpc) is 3.15. The summed E-state index contributed by atoms with van der Waals surface area (Å²) in [6.45, 7) is 4.63. The number of aromatic nitrogens is 2. The Morgan fingerprint density at radius 2 is 1.69 bits per heavy atom. The van der Waals surface area contributed by atoms with Crippen LogP contribution in [0.25, 0.3) is 11.3 Å². The number of carbonyl (C=O) groups excluding carboxylic acids is 1. The van der Waals surface area contributed by atoms with Crippen molar-refractivity contribution < 1.29 is 4.79 Å². The fourth-order valence-corrected chi connectivity index (χ4v) is 3.91. The molecule has 0 saturated carbocycles. The standard InChI is InChI=1S/C24H28N4O/c29-24(23-19-22(25-26-23)21-12-5-2-6-13-21)28-16-8-15-27(17-18-28)14-7-11-20-9-3-1-4-10-20/h1-6,9-10,12-13,19H,7-8,11,14-18H2,(H,25,26). The molecule has 1 aliphatic heterocycles. The number of benzene rings is 2. The quantitative estimate of drug-likeness (QED) is 0.698. The molecule has 29 heavy (non-hydrogen) atoms. The summed E-state index contributed by atoms with van der Waals surface area (Å²) >= 11 is 0. The monoisotopic (exact) mass is 388 g/mol. The average molecular weight is 389 g/mol. The number of nitrogens with one attached hydrogen (secondary N) is 1. The van der Waals surface area contributed by atoms with Gasteiger partial charge >= 0.3 is 0 Å². The van der Waals surface area contributed by atoms with Gasteiger partial charge in [0.05, 0.1) is 5.69 Å². The number of hydrogen-bond donors (Lipinski definition) is 1. The second-order valence-corrected chi connectivity index (χ2v) is 7.61. The smallest absolute Gasteiger partial charge is 0.271 e. The predicted octanol–water partition coefficient (Wildman–Crippen LogP) is 3.86. The number of rotatable bonds is 6. The molecule has 0 radical (unpaired) electrons. The largest absolute Gasteiger partial charge is 0.336 e. The van der Waals surface area contributed by atoms with Crippen LogP contribution in [0.4, 0.5) is 0 Å². The first-order valence-corrected chi connectivity index (χ1v) is 10.5. The van der Waals surface area contributed by atoms with Crippen LogP contribution >= 0.6 is 0 Å². The lowest BCUT2D eigenvalue weighted by Gasteiger charge is -2.21. The highest BCUT2D eigenvalue weighted by molar-refractivity contribution is 5.93. The summed E-state index contributed by atoms with van der Waals surface area (Å²) in [5, 5.41) is 7.26. The van der Waals surface area contributed by atoms with Crippen molar-refractivity contribution in [2.75, 3.05) is 32.7 Å². The van der Waals surface area contributed by atoms with Gasteiger partial charge in [-0.25, -0.2) is 0 Å². The van der Waals surface area contributed by atoms with Crippen molar-refractivity contribution in [2.45, 2.75) is 19.3 Å². The van der Waals surface area contributed by atoms with Crippen LogP contribution in [0.2, 0.25) is 0 Å². The van der Waals surface area contributed by atoms with Crippen molar-refractivity contribution >= 4 is 5.91 Å². The molecule has 1 N–H and O–H groups in total. The molecule has 0 spiro atoms. The predicted molar refractivity (Wildman–Crippen MR) is 116 cm³/mol. The Balaban J connectivity index is 1.29. The normalized spacial score (nSPS) is 15.2. The minimum atomic E-state index is 0.0471. The van der Waals surface area contributed by atoms with Crippen molar-refractivity contribution in [2.24, 2.45) is 0 Å². The van der Waals surface area contributed by atoms with E-state index in [-0.39, 0.29) is 5.91 Å². The van der Waals surface area contributed by atoms with E-state index in [1.807, 2.05) is 41.3 Å². The molecule has 4 rings (SSSR count). The van der Waals surface area contributed by atoms with E-state index in [4.69, 9.17) is 0 Å². The van der Waals surface area contributed by atoms with Crippen LogP contribution in [0.1, 0.15) is 28.9 Å².